The Labute approximate surface area is 125 Å². The lowest BCUT2D eigenvalue weighted by atomic mass is 10.1. The highest BCUT2D eigenvalue weighted by atomic mass is 16.1. The molecule has 0 aliphatic heterocycles. The van der Waals surface area contributed by atoms with Crippen LogP contribution in [0.3, 0.4) is 0 Å². The summed E-state index contributed by atoms with van der Waals surface area (Å²) in [5, 5.41) is 3.18. The number of hydrogen-bond donors (Lipinski definition) is 2. The standard InChI is InChI=1S/C17H23N3O/c21-17(18-13-7-3-1-2-4-8-13)12-11-16-19-14-9-5-6-10-15(14)20-16/h5-6,9-10,13H,1-4,7-8,11-12H2,(H,18,21)(H,19,20). The first-order valence-electron chi connectivity index (χ1n) is 8.04. The van der Waals surface area contributed by atoms with Crippen LogP contribution >= 0.6 is 0 Å². The second-order valence-electron chi connectivity index (χ2n) is 5.96. The van der Waals surface area contributed by atoms with Crippen LogP contribution in [0.25, 0.3) is 11.0 Å². The average Bonchev–Trinajstić information content (AvgIpc) is 2.74. The van der Waals surface area contributed by atoms with Gasteiger partial charge in [-0.15, -0.1) is 0 Å². The number of amides is 1. The highest BCUT2D eigenvalue weighted by molar-refractivity contribution is 5.77. The van der Waals surface area contributed by atoms with Gasteiger partial charge in [0.15, 0.2) is 0 Å². The van der Waals surface area contributed by atoms with E-state index in [1.165, 1.54) is 25.7 Å². The molecule has 0 atom stereocenters. The van der Waals surface area contributed by atoms with Crippen LogP contribution in [0.5, 0.6) is 0 Å². The maximum atomic E-state index is 12.1. The number of carbonyl (C=O) groups is 1. The van der Waals surface area contributed by atoms with E-state index >= 15 is 0 Å². The lowest BCUT2D eigenvalue weighted by Crippen LogP contribution is -2.34. The number of imidazole rings is 1. The Kier molecular flexibility index (Phi) is 4.53. The second-order valence-corrected chi connectivity index (χ2v) is 5.96. The van der Waals surface area contributed by atoms with E-state index in [4.69, 9.17) is 0 Å². The van der Waals surface area contributed by atoms with Gasteiger partial charge in [-0.25, -0.2) is 4.98 Å². The number of para-hydroxylation sites is 2. The van der Waals surface area contributed by atoms with Crippen molar-refractivity contribution in [2.24, 2.45) is 0 Å². The summed E-state index contributed by atoms with van der Waals surface area (Å²) in [5.41, 5.74) is 2.01. The van der Waals surface area contributed by atoms with Gasteiger partial charge in [-0.2, -0.15) is 0 Å². The van der Waals surface area contributed by atoms with E-state index in [1.54, 1.807) is 0 Å². The van der Waals surface area contributed by atoms with E-state index in [0.717, 1.165) is 29.7 Å². The Balaban J connectivity index is 1.50. The van der Waals surface area contributed by atoms with Crippen molar-refractivity contribution < 1.29 is 4.79 Å². The van der Waals surface area contributed by atoms with Gasteiger partial charge in [0.05, 0.1) is 11.0 Å². The van der Waals surface area contributed by atoms with E-state index in [9.17, 15) is 4.79 Å². The lowest BCUT2D eigenvalue weighted by Gasteiger charge is -2.15. The summed E-state index contributed by atoms with van der Waals surface area (Å²) in [5.74, 6) is 1.05. The van der Waals surface area contributed by atoms with Crippen LogP contribution < -0.4 is 5.32 Å². The highest BCUT2D eigenvalue weighted by Crippen LogP contribution is 2.17. The summed E-state index contributed by atoms with van der Waals surface area (Å²) in [6.07, 6.45) is 8.57. The smallest absolute Gasteiger partial charge is 0.220 e. The molecule has 1 fully saturated rings. The first-order chi connectivity index (χ1) is 10.3. The van der Waals surface area contributed by atoms with Crippen LogP contribution in [0.15, 0.2) is 24.3 Å². The molecule has 2 N–H and O–H groups in total. The molecule has 0 bridgehead atoms. The van der Waals surface area contributed by atoms with E-state index in [-0.39, 0.29) is 5.91 Å². The number of carbonyl (C=O) groups excluding carboxylic acids is 1. The Morgan fingerprint density at radius 2 is 1.95 bits per heavy atom. The van der Waals surface area contributed by atoms with Crippen LogP contribution in [0.4, 0.5) is 0 Å². The predicted octanol–water partition coefficient (Wildman–Crippen LogP) is 3.33. The van der Waals surface area contributed by atoms with Gasteiger partial charge in [-0.3, -0.25) is 4.79 Å². The van der Waals surface area contributed by atoms with E-state index in [0.29, 0.717) is 18.9 Å². The third-order valence-electron chi connectivity index (χ3n) is 4.25. The molecule has 0 radical (unpaired) electrons. The molecule has 1 aromatic carbocycles. The van der Waals surface area contributed by atoms with Crippen LogP contribution in [0, 0.1) is 0 Å². The summed E-state index contributed by atoms with van der Waals surface area (Å²) >= 11 is 0. The number of aryl methyl sites for hydroxylation is 1. The molecular weight excluding hydrogens is 262 g/mol. The number of nitrogens with zero attached hydrogens (tertiary/aromatic N) is 1. The fraction of sp³-hybridized carbons (Fsp3) is 0.529. The highest BCUT2D eigenvalue weighted by Gasteiger charge is 2.14. The zero-order chi connectivity index (χ0) is 14.5. The number of rotatable bonds is 4. The van der Waals surface area contributed by atoms with Gasteiger partial charge in [0, 0.05) is 18.9 Å². The molecule has 1 aliphatic rings. The minimum absolute atomic E-state index is 0.155. The molecule has 1 aliphatic carbocycles. The lowest BCUT2D eigenvalue weighted by molar-refractivity contribution is -0.121. The fourth-order valence-electron chi connectivity index (χ4n) is 3.08. The van der Waals surface area contributed by atoms with Crippen molar-refractivity contribution in [3.8, 4) is 0 Å². The SMILES string of the molecule is O=C(CCc1nc2ccccc2[nH]1)NC1CCCCCC1. The summed E-state index contributed by atoms with van der Waals surface area (Å²) in [4.78, 5) is 19.8. The minimum Gasteiger partial charge on any atom is -0.353 e. The van der Waals surface area contributed by atoms with E-state index in [1.807, 2.05) is 24.3 Å². The first kappa shape index (κ1) is 14.1. The summed E-state index contributed by atoms with van der Waals surface area (Å²) in [6, 6.07) is 8.35. The molecule has 0 unspecified atom stereocenters. The Morgan fingerprint density at radius 1 is 1.19 bits per heavy atom. The normalized spacial score (nSPS) is 16.8. The summed E-state index contributed by atoms with van der Waals surface area (Å²) in [7, 11) is 0. The maximum absolute atomic E-state index is 12.1. The molecule has 112 valence electrons. The number of fused-ring (bicyclic) bond motifs is 1. The monoisotopic (exact) mass is 285 g/mol. The minimum atomic E-state index is 0.155. The largest absolute Gasteiger partial charge is 0.353 e. The van der Waals surface area contributed by atoms with Crippen molar-refractivity contribution in [3.63, 3.8) is 0 Å². The predicted molar refractivity (Wildman–Crippen MR) is 84.0 cm³/mol. The van der Waals surface area contributed by atoms with Crippen LogP contribution in [-0.2, 0) is 11.2 Å². The number of aromatic amines is 1. The number of benzene rings is 1. The third kappa shape index (κ3) is 3.84. The fourth-order valence-corrected chi connectivity index (χ4v) is 3.08. The first-order valence-corrected chi connectivity index (χ1v) is 8.04. The Hall–Kier alpha value is -1.84. The van der Waals surface area contributed by atoms with Crippen LogP contribution in [0.1, 0.15) is 50.8 Å². The average molecular weight is 285 g/mol. The molecule has 4 nitrogen and oxygen atoms in total. The molecule has 4 heteroatoms. The van der Waals surface area contributed by atoms with Gasteiger partial charge in [-0.05, 0) is 25.0 Å². The van der Waals surface area contributed by atoms with Crippen molar-refractivity contribution >= 4 is 16.9 Å². The van der Waals surface area contributed by atoms with E-state index in [2.05, 4.69) is 15.3 Å². The van der Waals surface area contributed by atoms with Crippen molar-refractivity contribution in [2.75, 3.05) is 0 Å². The number of hydrogen-bond acceptors (Lipinski definition) is 2. The van der Waals surface area contributed by atoms with Gasteiger partial charge < -0.3 is 10.3 Å². The topological polar surface area (TPSA) is 57.8 Å². The van der Waals surface area contributed by atoms with Crippen molar-refractivity contribution in [1.82, 2.24) is 15.3 Å². The molecule has 1 saturated carbocycles. The van der Waals surface area contributed by atoms with Gasteiger partial charge in [0.1, 0.15) is 5.82 Å². The van der Waals surface area contributed by atoms with Crippen LogP contribution in [-0.4, -0.2) is 21.9 Å². The van der Waals surface area contributed by atoms with Gasteiger partial charge in [0.2, 0.25) is 5.91 Å². The third-order valence-corrected chi connectivity index (χ3v) is 4.25. The number of nitrogens with one attached hydrogen (secondary N) is 2. The van der Waals surface area contributed by atoms with Crippen molar-refractivity contribution in [2.45, 2.75) is 57.4 Å². The molecular formula is C17H23N3O. The van der Waals surface area contributed by atoms with Gasteiger partial charge >= 0.3 is 0 Å². The molecule has 2 aromatic rings. The quantitative estimate of drug-likeness (QED) is 0.846. The number of H-pyrrole nitrogens is 1. The second kappa shape index (κ2) is 6.74. The van der Waals surface area contributed by atoms with Crippen molar-refractivity contribution in [3.05, 3.63) is 30.1 Å². The maximum Gasteiger partial charge on any atom is 0.220 e. The van der Waals surface area contributed by atoms with Crippen LogP contribution in [0.2, 0.25) is 0 Å². The molecule has 21 heavy (non-hydrogen) atoms. The zero-order valence-corrected chi connectivity index (χ0v) is 12.4. The molecule has 1 amide bonds. The van der Waals surface area contributed by atoms with E-state index < -0.39 is 0 Å². The number of aromatic nitrogens is 2. The molecule has 1 heterocycles. The summed E-state index contributed by atoms with van der Waals surface area (Å²) in [6.45, 7) is 0. The van der Waals surface area contributed by atoms with Crippen molar-refractivity contribution in [1.29, 1.82) is 0 Å². The Morgan fingerprint density at radius 3 is 2.71 bits per heavy atom. The van der Waals surface area contributed by atoms with Gasteiger partial charge in [0.25, 0.3) is 0 Å². The summed E-state index contributed by atoms with van der Waals surface area (Å²) < 4.78 is 0. The molecule has 0 spiro atoms. The Bertz CT molecular complexity index is 564. The zero-order valence-electron chi connectivity index (χ0n) is 12.4. The molecule has 3 rings (SSSR count). The van der Waals surface area contributed by atoms with Gasteiger partial charge in [-0.1, -0.05) is 37.8 Å². The molecule has 1 aromatic heterocycles. The molecule has 0 saturated heterocycles.